The molecule has 0 radical (unpaired) electrons. The molecular weight excluding hydrogens is 749 g/mol. The Labute approximate surface area is 348 Å². The van der Waals surface area contributed by atoms with Crippen LogP contribution in [0.3, 0.4) is 0 Å². The summed E-state index contributed by atoms with van der Waals surface area (Å²) in [6.07, 6.45) is 0. The molecule has 284 valence electrons. The highest BCUT2D eigenvalue weighted by Crippen LogP contribution is 2.49. The van der Waals surface area contributed by atoms with E-state index in [0.29, 0.717) is 17.6 Å². The lowest BCUT2D eigenvalue weighted by molar-refractivity contribution is 0.669. The predicted molar refractivity (Wildman–Crippen MR) is 248 cm³/mol. The Balaban J connectivity index is 1.16. The molecule has 0 fully saturated rings. The van der Waals surface area contributed by atoms with Crippen molar-refractivity contribution < 1.29 is 8.83 Å². The molecule has 0 N–H and O–H groups in total. The Kier molecular flexibility index (Phi) is 7.21. The van der Waals surface area contributed by atoms with E-state index in [1.165, 1.54) is 0 Å². The molecule has 0 unspecified atom stereocenters. The Morgan fingerprint density at radius 1 is 0.328 bits per heavy atom. The number of furan rings is 2. The van der Waals surface area contributed by atoms with Gasteiger partial charge in [-0.15, -0.1) is 0 Å². The van der Waals surface area contributed by atoms with Gasteiger partial charge in [0.2, 0.25) is 5.95 Å². The first-order chi connectivity index (χ1) is 30.2. The van der Waals surface area contributed by atoms with Crippen molar-refractivity contribution in [3.8, 4) is 51.0 Å². The van der Waals surface area contributed by atoms with E-state index in [-0.39, 0.29) is 0 Å². The standard InChI is InChI=1S/C55H32N4O2/c1-3-14-33(15-4-1)35-26-28-36(29-27-35)53-56-54(38-19-13-18-37(32-38)34-16-5-2-6-17-34)58-55(57-53)59-43-23-10-7-20-39(43)50-51(59)42-30-31-46-47(40-21-8-11-24-44(40)60-46)48(42)49-41-22-9-12-25-45(41)61-52(49)50/h1-32H. The van der Waals surface area contributed by atoms with Crippen LogP contribution in [0.4, 0.5) is 0 Å². The molecule has 0 aliphatic carbocycles. The van der Waals surface area contributed by atoms with E-state index in [9.17, 15) is 0 Å². The summed E-state index contributed by atoms with van der Waals surface area (Å²) >= 11 is 0. The second kappa shape index (κ2) is 13.1. The number of rotatable bonds is 5. The zero-order chi connectivity index (χ0) is 40.0. The molecule has 0 saturated carbocycles. The quantitative estimate of drug-likeness (QED) is 0.174. The van der Waals surface area contributed by atoms with Gasteiger partial charge < -0.3 is 8.83 Å². The van der Waals surface area contributed by atoms with E-state index >= 15 is 0 Å². The van der Waals surface area contributed by atoms with E-state index in [0.717, 1.165) is 110 Å². The van der Waals surface area contributed by atoms with Gasteiger partial charge in [-0.3, -0.25) is 4.57 Å². The fourth-order valence-corrected chi connectivity index (χ4v) is 9.31. The maximum atomic E-state index is 6.96. The SMILES string of the molecule is c1ccc(-c2ccc(-c3nc(-c4cccc(-c5ccccc5)c4)nc(-n4c5ccccc5c5c6oc7ccccc7c6c6c(ccc7oc8ccccc8c76)c54)n3)cc2)cc1. The van der Waals surface area contributed by atoms with Crippen molar-refractivity contribution in [1.29, 1.82) is 0 Å². The lowest BCUT2D eigenvalue weighted by atomic mass is 9.96. The number of aromatic nitrogens is 4. The average Bonchev–Trinajstić information content (AvgIpc) is 4.02. The lowest BCUT2D eigenvalue weighted by Gasteiger charge is -2.13. The molecule has 0 atom stereocenters. The molecule has 6 nitrogen and oxygen atoms in total. The first kappa shape index (κ1) is 33.6. The largest absolute Gasteiger partial charge is 0.456 e. The van der Waals surface area contributed by atoms with Gasteiger partial charge in [0.15, 0.2) is 11.6 Å². The highest BCUT2D eigenvalue weighted by molar-refractivity contribution is 6.40. The molecule has 13 rings (SSSR count). The smallest absolute Gasteiger partial charge is 0.238 e. The Morgan fingerprint density at radius 2 is 0.885 bits per heavy atom. The number of benzene rings is 9. The third-order valence-corrected chi connectivity index (χ3v) is 12.0. The normalized spacial score (nSPS) is 11.9. The van der Waals surface area contributed by atoms with Crippen molar-refractivity contribution in [2.75, 3.05) is 0 Å². The summed E-state index contributed by atoms with van der Waals surface area (Å²) in [7, 11) is 0. The summed E-state index contributed by atoms with van der Waals surface area (Å²) in [4.78, 5) is 16.0. The van der Waals surface area contributed by atoms with Crippen molar-refractivity contribution >= 4 is 76.5 Å². The van der Waals surface area contributed by atoms with E-state index in [1.54, 1.807) is 0 Å². The van der Waals surface area contributed by atoms with Crippen molar-refractivity contribution in [2.24, 2.45) is 0 Å². The lowest BCUT2D eigenvalue weighted by Crippen LogP contribution is -2.06. The van der Waals surface area contributed by atoms with Crippen LogP contribution in [-0.4, -0.2) is 19.5 Å². The van der Waals surface area contributed by atoms with Crippen molar-refractivity contribution in [1.82, 2.24) is 19.5 Å². The Hall–Kier alpha value is -8.35. The Bertz CT molecular complexity index is 3860. The van der Waals surface area contributed by atoms with Gasteiger partial charge in [-0.25, -0.2) is 4.98 Å². The van der Waals surface area contributed by atoms with E-state index in [2.05, 4.69) is 168 Å². The molecule has 4 aromatic heterocycles. The molecule has 0 bridgehead atoms. The molecular formula is C55H32N4O2. The molecule has 6 heteroatoms. The van der Waals surface area contributed by atoms with Crippen molar-refractivity contribution in [3.05, 3.63) is 194 Å². The number of nitrogens with zero attached hydrogens (tertiary/aromatic N) is 4. The van der Waals surface area contributed by atoms with Gasteiger partial charge in [-0.2, -0.15) is 9.97 Å². The van der Waals surface area contributed by atoms with Crippen LogP contribution in [0.15, 0.2) is 203 Å². The second-order valence-corrected chi connectivity index (χ2v) is 15.5. The summed E-state index contributed by atoms with van der Waals surface area (Å²) in [5, 5.41) is 8.39. The number of hydrogen-bond donors (Lipinski definition) is 0. The van der Waals surface area contributed by atoms with Crippen molar-refractivity contribution in [2.45, 2.75) is 0 Å². The Morgan fingerprint density at radius 3 is 1.64 bits per heavy atom. The molecule has 4 heterocycles. The monoisotopic (exact) mass is 780 g/mol. The average molecular weight is 781 g/mol. The fraction of sp³-hybridized carbons (Fsp3) is 0. The predicted octanol–water partition coefficient (Wildman–Crippen LogP) is 14.6. The maximum absolute atomic E-state index is 6.96. The summed E-state index contributed by atoms with van der Waals surface area (Å²) < 4.78 is 15.7. The van der Waals surface area contributed by atoms with Crippen LogP contribution in [0.25, 0.3) is 127 Å². The van der Waals surface area contributed by atoms with Gasteiger partial charge >= 0.3 is 0 Å². The fourth-order valence-electron chi connectivity index (χ4n) is 9.31. The van der Waals surface area contributed by atoms with E-state index in [4.69, 9.17) is 23.8 Å². The third kappa shape index (κ3) is 5.12. The maximum Gasteiger partial charge on any atom is 0.238 e. The molecule has 61 heavy (non-hydrogen) atoms. The van der Waals surface area contributed by atoms with Gasteiger partial charge in [0, 0.05) is 48.8 Å². The molecule has 0 spiro atoms. The minimum Gasteiger partial charge on any atom is -0.456 e. The van der Waals surface area contributed by atoms with E-state index in [1.807, 2.05) is 30.3 Å². The second-order valence-electron chi connectivity index (χ2n) is 15.5. The van der Waals surface area contributed by atoms with Gasteiger partial charge in [0.1, 0.15) is 22.3 Å². The molecule has 0 amide bonds. The summed E-state index contributed by atoms with van der Waals surface area (Å²) in [6.45, 7) is 0. The van der Waals surface area contributed by atoms with Gasteiger partial charge in [-0.1, -0.05) is 158 Å². The number of para-hydroxylation sites is 3. The zero-order valence-corrected chi connectivity index (χ0v) is 32.6. The zero-order valence-electron chi connectivity index (χ0n) is 32.6. The van der Waals surface area contributed by atoms with Crippen LogP contribution in [-0.2, 0) is 0 Å². The third-order valence-electron chi connectivity index (χ3n) is 12.0. The summed E-state index contributed by atoms with van der Waals surface area (Å²) in [5.41, 5.74) is 11.5. The first-order valence-electron chi connectivity index (χ1n) is 20.4. The topological polar surface area (TPSA) is 69.9 Å². The number of fused-ring (bicyclic) bond motifs is 14. The summed E-state index contributed by atoms with van der Waals surface area (Å²) in [6, 6.07) is 67.1. The number of hydrogen-bond acceptors (Lipinski definition) is 5. The molecule has 0 saturated heterocycles. The molecule has 0 aliphatic heterocycles. The molecule has 0 aliphatic rings. The van der Waals surface area contributed by atoms with Crippen LogP contribution in [0.1, 0.15) is 0 Å². The molecule has 13 aromatic rings. The van der Waals surface area contributed by atoms with E-state index < -0.39 is 0 Å². The minimum absolute atomic E-state index is 0.511. The van der Waals surface area contributed by atoms with Crippen LogP contribution >= 0.6 is 0 Å². The first-order valence-corrected chi connectivity index (χ1v) is 20.4. The van der Waals surface area contributed by atoms with Crippen LogP contribution < -0.4 is 0 Å². The van der Waals surface area contributed by atoms with Crippen LogP contribution in [0.2, 0.25) is 0 Å². The highest BCUT2D eigenvalue weighted by atomic mass is 16.3. The van der Waals surface area contributed by atoms with Gasteiger partial charge in [0.05, 0.1) is 16.4 Å². The highest BCUT2D eigenvalue weighted by Gasteiger charge is 2.27. The van der Waals surface area contributed by atoms with Crippen LogP contribution in [0, 0.1) is 0 Å². The van der Waals surface area contributed by atoms with Gasteiger partial charge in [0.25, 0.3) is 0 Å². The van der Waals surface area contributed by atoms with Crippen LogP contribution in [0.5, 0.6) is 0 Å². The minimum atomic E-state index is 0.511. The summed E-state index contributed by atoms with van der Waals surface area (Å²) in [5.74, 6) is 1.67. The van der Waals surface area contributed by atoms with Gasteiger partial charge in [-0.05, 0) is 58.7 Å². The molecule has 9 aromatic carbocycles. The van der Waals surface area contributed by atoms with Crippen molar-refractivity contribution in [3.63, 3.8) is 0 Å².